The van der Waals surface area contributed by atoms with Crippen molar-refractivity contribution in [3.05, 3.63) is 0 Å². The van der Waals surface area contributed by atoms with Gasteiger partial charge in [-0.25, -0.2) is 0 Å². The zero-order valence-corrected chi connectivity index (χ0v) is 10.6. The van der Waals surface area contributed by atoms with E-state index in [4.69, 9.17) is 0 Å². The van der Waals surface area contributed by atoms with Crippen LogP contribution in [0, 0.1) is 11.8 Å². The monoisotopic (exact) mass is 213 g/mol. The zero-order valence-electron chi connectivity index (χ0n) is 10.6. The van der Waals surface area contributed by atoms with Gasteiger partial charge in [-0.2, -0.15) is 0 Å². The lowest BCUT2D eigenvalue weighted by molar-refractivity contribution is 0.108. The van der Waals surface area contributed by atoms with Crippen molar-refractivity contribution in [3.63, 3.8) is 0 Å². The van der Waals surface area contributed by atoms with Crippen LogP contribution in [0.5, 0.6) is 0 Å². The summed E-state index contributed by atoms with van der Waals surface area (Å²) in [6, 6.07) is 0.339. The number of hydrogen-bond acceptors (Lipinski definition) is 2. The molecule has 0 heterocycles. The highest BCUT2D eigenvalue weighted by Gasteiger charge is 2.20. The number of nitrogens with zero attached hydrogens (tertiary/aromatic N) is 1. The fourth-order valence-electron chi connectivity index (χ4n) is 2.71. The van der Waals surface area contributed by atoms with Gasteiger partial charge in [-0.1, -0.05) is 39.5 Å². The average molecular weight is 213 g/mol. The van der Waals surface area contributed by atoms with Gasteiger partial charge in [0.1, 0.15) is 0 Å². The first-order valence-electron chi connectivity index (χ1n) is 6.46. The molecule has 0 spiro atoms. The van der Waals surface area contributed by atoms with Gasteiger partial charge in [-0.3, -0.25) is 0 Å². The molecule has 0 aromatic heterocycles. The maximum Gasteiger partial charge on any atom is 0.0589 e. The Morgan fingerprint density at radius 1 is 1.27 bits per heavy atom. The molecule has 1 unspecified atom stereocenters. The molecule has 0 saturated heterocycles. The normalized spacial score (nSPS) is 20.4. The van der Waals surface area contributed by atoms with Gasteiger partial charge in [0.2, 0.25) is 0 Å². The van der Waals surface area contributed by atoms with Crippen molar-refractivity contribution in [3.8, 4) is 0 Å². The first-order chi connectivity index (χ1) is 7.15. The first-order valence-corrected chi connectivity index (χ1v) is 6.46. The molecule has 0 aliphatic heterocycles. The summed E-state index contributed by atoms with van der Waals surface area (Å²) in [6.07, 6.45) is 7.04. The minimum absolute atomic E-state index is 0.291. The molecule has 15 heavy (non-hydrogen) atoms. The van der Waals surface area contributed by atoms with E-state index in [-0.39, 0.29) is 0 Å². The summed E-state index contributed by atoms with van der Waals surface area (Å²) in [7, 11) is 2.15. The van der Waals surface area contributed by atoms with E-state index in [0.717, 1.165) is 12.5 Å². The second-order valence-electron chi connectivity index (χ2n) is 5.41. The molecular weight excluding hydrogens is 186 g/mol. The molecule has 1 saturated carbocycles. The Kier molecular flexibility index (Phi) is 5.62. The van der Waals surface area contributed by atoms with Gasteiger partial charge in [-0.15, -0.1) is 0 Å². The summed E-state index contributed by atoms with van der Waals surface area (Å²) in [4.78, 5) is 2.34. The predicted molar refractivity (Wildman–Crippen MR) is 64.9 cm³/mol. The van der Waals surface area contributed by atoms with Crippen LogP contribution in [-0.2, 0) is 0 Å². The molecule has 1 fully saturated rings. The highest BCUT2D eigenvalue weighted by molar-refractivity contribution is 4.74. The Morgan fingerprint density at radius 3 is 2.33 bits per heavy atom. The summed E-state index contributed by atoms with van der Waals surface area (Å²) >= 11 is 0. The molecule has 1 N–H and O–H groups in total. The van der Waals surface area contributed by atoms with E-state index < -0.39 is 0 Å². The quantitative estimate of drug-likeness (QED) is 0.733. The lowest BCUT2D eigenvalue weighted by atomic mass is 10.0. The van der Waals surface area contributed by atoms with E-state index in [9.17, 15) is 5.11 Å². The Bertz CT molecular complexity index is 164. The van der Waals surface area contributed by atoms with Crippen LogP contribution in [0.2, 0.25) is 0 Å². The van der Waals surface area contributed by atoms with E-state index in [0.29, 0.717) is 18.6 Å². The third kappa shape index (κ3) is 4.12. The first kappa shape index (κ1) is 13.0. The maximum atomic E-state index is 9.32. The van der Waals surface area contributed by atoms with Crippen molar-refractivity contribution in [2.75, 3.05) is 20.2 Å². The van der Waals surface area contributed by atoms with Crippen LogP contribution in [0.3, 0.4) is 0 Å². The van der Waals surface area contributed by atoms with Crippen molar-refractivity contribution >= 4 is 0 Å². The smallest absolute Gasteiger partial charge is 0.0589 e. The molecule has 1 aliphatic rings. The Morgan fingerprint density at radius 2 is 1.87 bits per heavy atom. The second kappa shape index (κ2) is 6.49. The van der Waals surface area contributed by atoms with E-state index in [1.807, 2.05) is 0 Å². The predicted octanol–water partition coefficient (Wildman–Crippen LogP) is 2.52. The fourth-order valence-corrected chi connectivity index (χ4v) is 2.71. The summed E-state index contributed by atoms with van der Waals surface area (Å²) < 4.78 is 0. The largest absolute Gasteiger partial charge is 0.395 e. The lowest BCUT2D eigenvalue weighted by Gasteiger charge is -2.30. The molecule has 0 radical (unpaired) electrons. The maximum absolute atomic E-state index is 9.32. The fraction of sp³-hybridized carbons (Fsp3) is 1.00. The van der Waals surface area contributed by atoms with Crippen LogP contribution < -0.4 is 0 Å². The molecule has 1 atom stereocenters. The van der Waals surface area contributed by atoms with Crippen LogP contribution in [-0.4, -0.2) is 36.2 Å². The standard InChI is InChI=1S/C13H27NO/c1-11(2)13(10-15)14(3)9-8-12-6-4-5-7-12/h11-13,15H,4-10H2,1-3H3. The van der Waals surface area contributed by atoms with Gasteiger partial charge in [0.15, 0.2) is 0 Å². The van der Waals surface area contributed by atoms with Crippen molar-refractivity contribution in [2.24, 2.45) is 11.8 Å². The van der Waals surface area contributed by atoms with Crippen LogP contribution in [0.25, 0.3) is 0 Å². The Balaban J connectivity index is 2.23. The minimum Gasteiger partial charge on any atom is -0.395 e. The molecule has 0 amide bonds. The number of rotatable bonds is 6. The topological polar surface area (TPSA) is 23.5 Å². The molecular formula is C13H27NO. The molecule has 2 heteroatoms. The summed E-state index contributed by atoms with van der Waals surface area (Å²) in [5.74, 6) is 1.50. The van der Waals surface area contributed by atoms with E-state index in [1.54, 1.807) is 0 Å². The second-order valence-corrected chi connectivity index (χ2v) is 5.41. The van der Waals surface area contributed by atoms with Gasteiger partial charge < -0.3 is 10.0 Å². The Hall–Kier alpha value is -0.0800. The van der Waals surface area contributed by atoms with Crippen molar-refractivity contribution < 1.29 is 5.11 Å². The zero-order chi connectivity index (χ0) is 11.3. The number of aliphatic hydroxyl groups excluding tert-OH is 1. The van der Waals surface area contributed by atoms with E-state index in [1.165, 1.54) is 32.1 Å². The molecule has 90 valence electrons. The van der Waals surface area contributed by atoms with Gasteiger partial charge in [-0.05, 0) is 31.8 Å². The third-order valence-corrected chi connectivity index (χ3v) is 3.89. The van der Waals surface area contributed by atoms with Crippen molar-refractivity contribution in [1.29, 1.82) is 0 Å². The van der Waals surface area contributed by atoms with Crippen LogP contribution in [0.15, 0.2) is 0 Å². The van der Waals surface area contributed by atoms with Gasteiger partial charge in [0.25, 0.3) is 0 Å². The van der Waals surface area contributed by atoms with E-state index in [2.05, 4.69) is 25.8 Å². The number of aliphatic hydroxyl groups is 1. The SMILES string of the molecule is CC(C)C(CO)N(C)CCC1CCCC1. The number of likely N-dealkylation sites (N-methyl/N-ethyl adjacent to an activating group) is 1. The Labute approximate surface area is 94.7 Å². The van der Waals surface area contributed by atoms with Crippen molar-refractivity contribution in [1.82, 2.24) is 4.90 Å². The van der Waals surface area contributed by atoms with Crippen molar-refractivity contribution in [2.45, 2.75) is 52.0 Å². The van der Waals surface area contributed by atoms with Gasteiger partial charge >= 0.3 is 0 Å². The highest BCUT2D eigenvalue weighted by atomic mass is 16.3. The summed E-state index contributed by atoms with van der Waals surface area (Å²) in [5, 5.41) is 9.32. The number of hydrogen-bond donors (Lipinski definition) is 1. The van der Waals surface area contributed by atoms with E-state index >= 15 is 0 Å². The van der Waals surface area contributed by atoms with Crippen LogP contribution >= 0.6 is 0 Å². The summed E-state index contributed by atoms with van der Waals surface area (Å²) in [5.41, 5.74) is 0. The highest BCUT2D eigenvalue weighted by Crippen LogP contribution is 2.27. The molecule has 1 rings (SSSR count). The molecule has 0 aromatic rings. The summed E-state index contributed by atoms with van der Waals surface area (Å²) in [6.45, 7) is 5.81. The average Bonchev–Trinajstić information content (AvgIpc) is 2.67. The minimum atomic E-state index is 0.291. The van der Waals surface area contributed by atoms with Gasteiger partial charge in [0.05, 0.1) is 6.61 Å². The van der Waals surface area contributed by atoms with Gasteiger partial charge in [0, 0.05) is 6.04 Å². The molecule has 2 nitrogen and oxygen atoms in total. The lowest BCUT2D eigenvalue weighted by Crippen LogP contribution is -2.39. The van der Waals surface area contributed by atoms with Crippen LogP contribution in [0.4, 0.5) is 0 Å². The molecule has 0 aromatic carbocycles. The third-order valence-electron chi connectivity index (χ3n) is 3.89. The molecule has 0 bridgehead atoms. The van der Waals surface area contributed by atoms with Crippen LogP contribution in [0.1, 0.15) is 46.0 Å². The molecule has 1 aliphatic carbocycles.